The molecule has 0 aliphatic heterocycles. The van der Waals surface area contributed by atoms with Crippen LogP contribution in [0.15, 0.2) is 48.5 Å². The fourth-order valence-corrected chi connectivity index (χ4v) is 4.10. The van der Waals surface area contributed by atoms with E-state index in [2.05, 4.69) is 10.6 Å². The lowest BCUT2D eigenvalue weighted by molar-refractivity contribution is -0.143. The van der Waals surface area contributed by atoms with Gasteiger partial charge in [0.1, 0.15) is 17.7 Å². The molecule has 2 unspecified atom stereocenters. The van der Waals surface area contributed by atoms with Crippen LogP contribution in [0.3, 0.4) is 0 Å². The fourth-order valence-electron chi connectivity index (χ4n) is 4.10. The number of hydrogen-bond donors (Lipinski definition) is 3. The normalized spacial score (nSPS) is 12.8. The number of aryl methyl sites for hydroxylation is 2. The second kappa shape index (κ2) is 13.8. The van der Waals surface area contributed by atoms with Crippen molar-refractivity contribution >= 4 is 17.9 Å². The quantitative estimate of drug-likeness (QED) is 0.420. The highest BCUT2D eigenvalue weighted by Gasteiger charge is 2.37. The van der Waals surface area contributed by atoms with Crippen LogP contribution in [0.25, 0.3) is 0 Å². The van der Waals surface area contributed by atoms with Gasteiger partial charge in [0, 0.05) is 13.1 Å². The number of aliphatic hydroxyl groups excluding tert-OH is 1. The number of carbonyl (C=O) groups excluding carboxylic acids is 3. The number of hydrogen-bond acceptors (Lipinski definition) is 5. The van der Waals surface area contributed by atoms with Gasteiger partial charge in [0.2, 0.25) is 11.8 Å². The van der Waals surface area contributed by atoms with Crippen molar-refractivity contribution in [3.63, 3.8) is 0 Å². The van der Waals surface area contributed by atoms with Crippen LogP contribution >= 0.6 is 0 Å². The van der Waals surface area contributed by atoms with Gasteiger partial charge in [-0.2, -0.15) is 0 Å². The molecule has 0 bridgehead atoms. The van der Waals surface area contributed by atoms with Gasteiger partial charge < -0.3 is 25.4 Å². The highest BCUT2D eigenvalue weighted by molar-refractivity contribution is 5.92. The molecule has 0 saturated carbocycles. The maximum absolute atomic E-state index is 13.8. The Kier molecular flexibility index (Phi) is 11.1. The SMILES string of the molecule is CCCCN(C(=O)C(CO)NC(=O)OC(C)(C)C)C(C(=O)NCc1ccccc1)c1c(C)cccc1C. The number of amides is 3. The second-order valence-electron chi connectivity index (χ2n) is 10.2. The van der Waals surface area contributed by atoms with E-state index in [0.29, 0.717) is 13.0 Å². The first kappa shape index (κ1) is 29.8. The van der Waals surface area contributed by atoms with Crippen molar-refractivity contribution in [2.45, 2.75) is 78.6 Å². The number of nitrogens with zero attached hydrogens (tertiary/aromatic N) is 1. The van der Waals surface area contributed by atoms with Crippen molar-refractivity contribution < 1.29 is 24.2 Å². The molecule has 2 rings (SSSR count). The lowest BCUT2D eigenvalue weighted by Gasteiger charge is -2.35. The Balaban J connectivity index is 2.46. The van der Waals surface area contributed by atoms with Crippen molar-refractivity contribution in [3.05, 3.63) is 70.8 Å². The molecule has 0 fully saturated rings. The molecule has 0 aromatic heterocycles. The van der Waals surface area contributed by atoms with E-state index in [4.69, 9.17) is 4.74 Å². The van der Waals surface area contributed by atoms with E-state index in [1.54, 1.807) is 20.8 Å². The first-order valence-corrected chi connectivity index (χ1v) is 12.8. The van der Waals surface area contributed by atoms with Crippen molar-refractivity contribution in [1.82, 2.24) is 15.5 Å². The Morgan fingerprint density at radius 2 is 1.62 bits per heavy atom. The highest BCUT2D eigenvalue weighted by Crippen LogP contribution is 2.29. The van der Waals surface area contributed by atoms with E-state index in [9.17, 15) is 19.5 Å². The Bertz CT molecular complexity index is 1030. The molecule has 0 spiro atoms. The van der Waals surface area contributed by atoms with Crippen molar-refractivity contribution in [2.75, 3.05) is 13.2 Å². The molecular weight excluding hydrogens is 470 g/mol. The number of carbonyl (C=O) groups is 3. The Morgan fingerprint density at radius 1 is 1.00 bits per heavy atom. The fraction of sp³-hybridized carbons (Fsp3) is 0.483. The van der Waals surface area contributed by atoms with Crippen LogP contribution in [0.4, 0.5) is 4.79 Å². The molecule has 8 heteroatoms. The van der Waals surface area contributed by atoms with Crippen LogP contribution < -0.4 is 10.6 Å². The van der Waals surface area contributed by atoms with Gasteiger partial charge >= 0.3 is 6.09 Å². The third kappa shape index (κ3) is 8.89. The molecule has 2 atom stereocenters. The van der Waals surface area contributed by atoms with Gasteiger partial charge in [-0.3, -0.25) is 9.59 Å². The topological polar surface area (TPSA) is 108 Å². The molecule has 0 radical (unpaired) electrons. The summed E-state index contributed by atoms with van der Waals surface area (Å²) in [7, 11) is 0. The monoisotopic (exact) mass is 511 g/mol. The summed E-state index contributed by atoms with van der Waals surface area (Å²) in [6, 6.07) is 13.1. The summed E-state index contributed by atoms with van der Waals surface area (Å²) in [5.74, 6) is -0.885. The van der Waals surface area contributed by atoms with Crippen LogP contribution in [0.1, 0.15) is 68.8 Å². The molecule has 8 nitrogen and oxygen atoms in total. The van der Waals surface area contributed by atoms with Gasteiger partial charge in [-0.1, -0.05) is 61.9 Å². The molecule has 0 saturated heterocycles. The zero-order valence-electron chi connectivity index (χ0n) is 22.8. The summed E-state index contributed by atoms with van der Waals surface area (Å²) in [4.78, 5) is 41.5. The first-order valence-electron chi connectivity index (χ1n) is 12.8. The number of nitrogens with one attached hydrogen (secondary N) is 2. The van der Waals surface area contributed by atoms with E-state index < -0.39 is 36.3 Å². The van der Waals surface area contributed by atoms with E-state index in [-0.39, 0.29) is 12.5 Å². The first-order chi connectivity index (χ1) is 17.5. The number of rotatable bonds is 11. The molecule has 0 aliphatic rings. The van der Waals surface area contributed by atoms with Gasteiger partial charge in [-0.05, 0) is 63.3 Å². The van der Waals surface area contributed by atoms with E-state index >= 15 is 0 Å². The third-order valence-corrected chi connectivity index (χ3v) is 5.89. The third-order valence-electron chi connectivity index (χ3n) is 5.89. The van der Waals surface area contributed by atoms with E-state index in [1.165, 1.54) is 4.90 Å². The molecule has 37 heavy (non-hydrogen) atoms. The summed E-state index contributed by atoms with van der Waals surface area (Å²) in [6.45, 7) is 10.9. The van der Waals surface area contributed by atoms with Crippen LogP contribution in [-0.4, -0.2) is 52.7 Å². The van der Waals surface area contributed by atoms with Gasteiger partial charge in [0.25, 0.3) is 0 Å². The predicted molar refractivity (Wildman–Crippen MR) is 144 cm³/mol. The van der Waals surface area contributed by atoms with Gasteiger partial charge in [0.15, 0.2) is 0 Å². The summed E-state index contributed by atoms with van der Waals surface area (Å²) in [5.41, 5.74) is 2.63. The summed E-state index contributed by atoms with van der Waals surface area (Å²) in [6.07, 6.45) is 0.620. The Morgan fingerprint density at radius 3 is 2.16 bits per heavy atom. The average Bonchev–Trinajstić information content (AvgIpc) is 2.84. The average molecular weight is 512 g/mol. The molecule has 2 aromatic carbocycles. The maximum Gasteiger partial charge on any atom is 0.408 e. The van der Waals surface area contributed by atoms with Crippen LogP contribution in [0.5, 0.6) is 0 Å². The molecule has 202 valence electrons. The number of benzene rings is 2. The van der Waals surface area contributed by atoms with E-state index in [1.807, 2.05) is 69.3 Å². The molecule has 2 aromatic rings. The summed E-state index contributed by atoms with van der Waals surface area (Å²) >= 11 is 0. The molecule has 3 amide bonds. The number of ether oxygens (including phenoxy) is 1. The second-order valence-corrected chi connectivity index (χ2v) is 10.2. The largest absolute Gasteiger partial charge is 0.444 e. The van der Waals surface area contributed by atoms with Crippen LogP contribution in [0, 0.1) is 13.8 Å². The Labute approximate surface area is 220 Å². The minimum absolute atomic E-state index is 0.277. The van der Waals surface area contributed by atoms with Gasteiger partial charge in [0.05, 0.1) is 6.61 Å². The molecule has 0 heterocycles. The molecule has 0 aliphatic carbocycles. The number of alkyl carbamates (subject to hydrolysis) is 1. The van der Waals surface area contributed by atoms with Crippen molar-refractivity contribution in [3.8, 4) is 0 Å². The zero-order valence-corrected chi connectivity index (χ0v) is 22.8. The predicted octanol–water partition coefficient (Wildman–Crippen LogP) is 4.18. The highest BCUT2D eigenvalue weighted by atomic mass is 16.6. The number of unbranched alkanes of at least 4 members (excludes halogenated alkanes) is 1. The van der Waals surface area contributed by atoms with Gasteiger partial charge in [-0.25, -0.2) is 4.79 Å². The molecule has 3 N–H and O–H groups in total. The van der Waals surface area contributed by atoms with Gasteiger partial charge in [-0.15, -0.1) is 0 Å². The smallest absolute Gasteiger partial charge is 0.408 e. The minimum atomic E-state index is -1.26. The van der Waals surface area contributed by atoms with Crippen molar-refractivity contribution in [1.29, 1.82) is 0 Å². The van der Waals surface area contributed by atoms with E-state index in [0.717, 1.165) is 28.7 Å². The van der Waals surface area contributed by atoms with Crippen LogP contribution in [0.2, 0.25) is 0 Å². The lowest BCUT2D eigenvalue weighted by Crippen LogP contribution is -2.54. The van der Waals surface area contributed by atoms with Crippen molar-refractivity contribution in [2.24, 2.45) is 0 Å². The summed E-state index contributed by atoms with van der Waals surface area (Å²) in [5, 5.41) is 15.5. The lowest BCUT2D eigenvalue weighted by atomic mass is 9.93. The molecular formula is C29H41N3O5. The number of aliphatic hydroxyl groups is 1. The standard InChI is InChI=1S/C29H41N3O5/c1-7-8-17-32(27(35)23(19-33)31-28(36)37-29(4,5)6)25(24-20(2)13-12-14-21(24)3)26(34)30-18-22-15-10-9-11-16-22/h9-16,23,25,33H,7-8,17-19H2,1-6H3,(H,30,34)(H,31,36). The minimum Gasteiger partial charge on any atom is -0.444 e. The Hall–Kier alpha value is -3.39. The zero-order chi connectivity index (χ0) is 27.6. The van der Waals surface area contributed by atoms with Crippen LogP contribution in [-0.2, 0) is 20.9 Å². The maximum atomic E-state index is 13.8. The summed E-state index contributed by atoms with van der Waals surface area (Å²) < 4.78 is 5.29.